The first-order valence-corrected chi connectivity index (χ1v) is 13.0. The number of rotatable bonds is 5. The minimum absolute atomic E-state index is 0.0492. The summed E-state index contributed by atoms with van der Waals surface area (Å²) in [6.45, 7) is 1.77. The molecule has 0 fully saturated rings. The van der Waals surface area contributed by atoms with Crippen LogP contribution in [-0.2, 0) is 24.1 Å². The predicted octanol–water partition coefficient (Wildman–Crippen LogP) is 2.20. The van der Waals surface area contributed by atoms with Crippen LogP contribution >= 0.6 is 11.6 Å². The summed E-state index contributed by atoms with van der Waals surface area (Å²) in [6, 6.07) is 14.0. The van der Waals surface area contributed by atoms with E-state index < -0.39 is 27.3 Å². The molecule has 5 aromatic rings. The second-order valence-corrected chi connectivity index (χ2v) is 10.6. The first kappa shape index (κ1) is 24.7. The van der Waals surface area contributed by atoms with Crippen LogP contribution in [0.15, 0.2) is 75.3 Å². The van der Waals surface area contributed by atoms with Crippen molar-refractivity contribution < 1.29 is 8.42 Å². The summed E-state index contributed by atoms with van der Waals surface area (Å²) < 4.78 is 29.1. The molecule has 37 heavy (non-hydrogen) atoms. The molecule has 11 nitrogen and oxygen atoms in total. The molecule has 0 aliphatic carbocycles. The fourth-order valence-corrected chi connectivity index (χ4v) is 4.95. The van der Waals surface area contributed by atoms with Gasteiger partial charge in [-0.05, 0) is 55.0 Å². The van der Waals surface area contributed by atoms with Crippen molar-refractivity contribution >= 4 is 32.8 Å². The van der Waals surface area contributed by atoms with Gasteiger partial charge in [0.05, 0.1) is 10.9 Å². The van der Waals surface area contributed by atoms with Crippen LogP contribution in [0.25, 0.3) is 28.4 Å². The average Bonchev–Trinajstić information content (AvgIpc) is 3.46. The second kappa shape index (κ2) is 8.83. The highest BCUT2D eigenvalue weighted by Crippen LogP contribution is 2.29. The van der Waals surface area contributed by atoms with Gasteiger partial charge in [0.15, 0.2) is 17.0 Å². The Balaban J connectivity index is 1.85. The molecule has 3 heterocycles. The predicted molar refractivity (Wildman–Crippen MR) is 139 cm³/mol. The van der Waals surface area contributed by atoms with Gasteiger partial charge in [-0.25, -0.2) is 23.3 Å². The SMILES string of the molecule is C[C@H](c1ccc(S(N)(=O)=O)cc1)n1c(=O)n(C)c(=O)c2c1nc(-c1ccnn1C)n2-c1ccc(Cl)cc1. The Labute approximate surface area is 216 Å². The lowest BCUT2D eigenvalue weighted by Crippen LogP contribution is -2.40. The highest BCUT2D eigenvalue weighted by Gasteiger charge is 2.26. The monoisotopic (exact) mass is 539 g/mol. The van der Waals surface area contributed by atoms with Crippen molar-refractivity contribution in [2.45, 2.75) is 17.9 Å². The van der Waals surface area contributed by atoms with E-state index in [1.165, 1.54) is 23.7 Å². The van der Waals surface area contributed by atoms with Crippen LogP contribution in [0.5, 0.6) is 0 Å². The van der Waals surface area contributed by atoms with Gasteiger partial charge < -0.3 is 0 Å². The van der Waals surface area contributed by atoms with Crippen LogP contribution in [-0.4, -0.2) is 36.9 Å². The lowest BCUT2D eigenvalue weighted by Gasteiger charge is -2.18. The number of primary sulfonamides is 1. The van der Waals surface area contributed by atoms with Crippen LogP contribution in [0.2, 0.25) is 5.02 Å². The largest absolute Gasteiger partial charge is 0.333 e. The number of imidazole rings is 1. The van der Waals surface area contributed by atoms with Crippen LogP contribution in [0.3, 0.4) is 0 Å². The molecule has 13 heteroatoms. The normalized spacial score (nSPS) is 12.8. The van der Waals surface area contributed by atoms with E-state index in [4.69, 9.17) is 21.7 Å². The second-order valence-electron chi connectivity index (χ2n) is 8.57. The minimum atomic E-state index is -3.88. The molecule has 0 saturated carbocycles. The van der Waals surface area contributed by atoms with Gasteiger partial charge in [0.1, 0.15) is 5.69 Å². The van der Waals surface area contributed by atoms with Crippen LogP contribution in [0, 0.1) is 0 Å². The number of nitrogens with zero attached hydrogens (tertiary/aromatic N) is 6. The maximum Gasteiger partial charge on any atom is 0.333 e. The standard InChI is InChI=1S/C24H22ClN7O4S/c1-14(15-4-10-18(11-5-15)37(26,35)36)31-22-20(23(33)29(2)24(31)34)32(17-8-6-16(25)7-9-17)21(28-22)19-12-13-27-30(19)3/h4-14H,1-3H3,(H2,26,35,36)/t14-/m1/s1. The Kier molecular flexibility index (Phi) is 5.89. The van der Waals surface area contributed by atoms with Gasteiger partial charge in [-0.15, -0.1) is 0 Å². The van der Waals surface area contributed by atoms with Gasteiger partial charge in [-0.3, -0.25) is 23.2 Å². The van der Waals surface area contributed by atoms with Gasteiger partial charge in [-0.1, -0.05) is 23.7 Å². The summed E-state index contributed by atoms with van der Waals surface area (Å²) >= 11 is 6.11. The molecule has 0 bridgehead atoms. The van der Waals surface area contributed by atoms with E-state index in [0.29, 0.717) is 27.8 Å². The van der Waals surface area contributed by atoms with Crippen LogP contribution < -0.4 is 16.4 Å². The number of hydrogen-bond donors (Lipinski definition) is 1. The Morgan fingerprint density at radius 1 is 0.973 bits per heavy atom. The molecule has 1 atom stereocenters. The number of aryl methyl sites for hydroxylation is 1. The summed E-state index contributed by atoms with van der Waals surface area (Å²) in [5.41, 5.74) is 1.13. The third-order valence-corrected chi connectivity index (χ3v) is 7.48. The molecule has 0 amide bonds. The first-order chi connectivity index (χ1) is 17.5. The number of nitrogens with two attached hydrogens (primary N) is 1. The minimum Gasteiger partial charge on any atom is -0.285 e. The van der Waals surface area contributed by atoms with Gasteiger partial charge in [0, 0.05) is 31.0 Å². The van der Waals surface area contributed by atoms with Gasteiger partial charge in [0.25, 0.3) is 5.56 Å². The molecule has 0 aliphatic rings. The number of hydrogen-bond acceptors (Lipinski definition) is 6. The Bertz CT molecular complexity index is 1880. The van der Waals surface area contributed by atoms with Crippen molar-refractivity contribution in [2.75, 3.05) is 0 Å². The molecular formula is C24H22ClN7O4S. The summed E-state index contributed by atoms with van der Waals surface area (Å²) in [5.74, 6) is 0.408. The number of fused-ring (bicyclic) bond motifs is 1. The third-order valence-electron chi connectivity index (χ3n) is 6.30. The van der Waals surface area contributed by atoms with E-state index in [1.54, 1.807) is 71.9 Å². The zero-order valence-electron chi connectivity index (χ0n) is 20.0. The van der Waals surface area contributed by atoms with E-state index in [9.17, 15) is 18.0 Å². The Morgan fingerprint density at radius 3 is 2.19 bits per heavy atom. The van der Waals surface area contributed by atoms with Crippen molar-refractivity contribution in [2.24, 2.45) is 19.2 Å². The highest BCUT2D eigenvalue weighted by atomic mass is 35.5. The number of aromatic nitrogens is 6. The summed E-state index contributed by atoms with van der Waals surface area (Å²) in [5, 5.41) is 9.98. The zero-order chi connectivity index (χ0) is 26.6. The Morgan fingerprint density at radius 2 is 1.62 bits per heavy atom. The maximum atomic E-state index is 13.5. The highest BCUT2D eigenvalue weighted by molar-refractivity contribution is 7.89. The van der Waals surface area contributed by atoms with Crippen molar-refractivity contribution in [3.63, 3.8) is 0 Å². The Hall–Kier alpha value is -4.00. The van der Waals surface area contributed by atoms with Gasteiger partial charge in [-0.2, -0.15) is 5.10 Å². The van der Waals surface area contributed by atoms with E-state index >= 15 is 0 Å². The molecule has 5 rings (SSSR count). The molecule has 0 aliphatic heterocycles. The average molecular weight is 540 g/mol. The molecule has 0 unspecified atom stereocenters. The zero-order valence-corrected chi connectivity index (χ0v) is 21.6. The van der Waals surface area contributed by atoms with E-state index in [-0.39, 0.29) is 16.1 Å². The molecule has 190 valence electrons. The van der Waals surface area contributed by atoms with Crippen LogP contribution in [0.4, 0.5) is 0 Å². The maximum absolute atomic E-state index is 13.5. The molecule has 0 radical (unpaired) electrons. The lowest BCUT2D eigenvalue weighted by atomic mass is 10.1. The van der Waals surface area contributed by atoms with Crippen molar-refractivity contribution in [1.82, 2.24) is 28.5 Å². The van der Waals surface area contributed by atoms with E-state index in [1.807, 2.05) is 0 Å². The smallest absolute Gasteiger partial charge is 0.285 e. The van der Waals surface area contributed by atoms with Crippen molar-refractivity contribution in [1.29, 1.82) is 0 Å². The van der Waals surface area contributed by atoms with E-state index in [2.05, 4.69) is 5.10 Å². The fraction of sp³-hybridized carbons (Fsp3) is 0.167. The van der Waals surface area contributed by atoms with Crippen molar-refractivity contribution in [3.05, 3.63) is 92.2 Å². The number of sulfonamides is 1. The van der Waals surface area contributed by atoms with Gasteiger partial charge >= 0.3 is 5.69 Å². The summed E-state index contributed by atoms with van der Waals surface area (Å²) in [4.78, 5) is 31.7. The molecule has 0 spiro atoms. The van der Waals surface area contributed by atoms with Crippen LogP contribution in [0.1, 0.15) is 18.5 Å². The summed E-state index contributed by atoms with van der Waals surface area (Å²) in [6.07, 6.45) is 1.61. The first-order valence-electron chi connectivity index (χ1n) is 11.1. The van der Waals surface area contributed by atoms with E-state index in [0.717, 1.165) is 4.57 Å². The molecule has 3 aromatic heterocycles. The molecule has 2 N–H and O–H groups in total. The third kappa shape index (κ3) is 4.08. The van der Waals surface area contributed by atoms with Crippen molar-refractivity contribution in [3.8, 4) is 17.2 Å². The number of benzene rings is 2. The fourth-order valence-electron chi connectivity index (χ4n) is 4.31. The quantitative estimate of drug-likeness (QED) is 0.363. The summed E-state index contributed by atoms with van der Waals surface area (Å²) in [7, 11) is -0.723. The topological polar surface area (TPSA) is 140 Å². The van der Waals surface area contributed by atoms with Gasteiger partial charge in [0.2, 0.25) is 10.0 Å². The number of halogens is 1. The molecule has 2 aromatic carbocycles. The lowest BCUT2D eigenvalue weighted by molar-refractivity contribution is 0.579. The molecular weight excluding hydrogens is 518 g/mol. The molecule has 0 saturated heterocycles.